The monoisotopic (exact) mass is 577 g/mol. The molecule has 0 radical (unpaired) electrons. The van der Waals surface area contributed by atoms with Gasteiger partial charge in [-0.3, -0.25) is 19.4 Å². The van der Waals surface area contributed by atoms with Gasteiger partial charge in [-0.15, -0.1) is 11.3 Å². The summed E-state index contributed by atoms with van der Waals surface area (Å²) in [6, 6.07) is 14.7. The summed E-state index contributed by atoms with van der Waals surface area (Å²) in [6.45, 7) is 0.352. The number of amides is 3. The van der Waals surface area contributed by atoms with Crippen LogP contribution >= 0.6 is 11.3 Å². The number of nitrogens with one attached hydrogen (secondary N) is 2. The number of aromatic nitrogens is 2. The maximum absolute atomic E-state index is 13.6. The average molecular weight is 578 g/mol. The molecule has 0 saturated heterocycles. The Bertz CT molecular complexity index is 1660. The van der Waals surface area contributed by atoms with Crippen LogP contribution in [0.4, 0.5) is 24.5 Å². The van der Waals surface area contributed by atoms with E-state index in [1.165, 1.54) is 35.7 Å². The second-order valence-electron chi connectivity index (χ2n) is 9.72. The molecule has 2 N–H and O–H groups in total. The van der Waals surface area contributed by atoms with Gasteiger partial charge in [0.2, 0.25) is 0 Å². The van der Waals surface area contributed by atoms with Gasteiger partial charge in [-0.1, -0.05) is 18.2 Å². The number of thiophene rings is 1. The number of pyridine rings is 2. The Morgan fingerprint density at radius 3 is 2.51 bits per heavy atom. The van der Waals surface area contributed by atoms with Crippen LogP contribution in [0, 0.1) is 0 Å². The molecule has 208 valence electrons. The summed E-state index contributed by atoms with van der Waals surface area (Å²) in [4.78, 5) is 49.5. The number of rotatable bonds is 5. The van der Waals surface area contributed by atoms with Gasteiger partial charge in [-0.2, -0.15) is 13.2 Å². The van der Waals surface area contributed by atoms with Crippen molar-refractivity contribution in [3.63, 3.8) is 0 Å². The van der Waals surface area contributed by atoms with Crippen LogP contribution in [0.15, 0.2) is 67.0 Å². The zero-order chi connectivity index (χ0) is 28.7. The van der Waals surface area contributed by atoms with Crippen LogP contribution in [0.5, 0.6) is 0 Å². The second kappa shape index (κ2) is 10.4. The van der Waals surface area contributed by atoms with Crippen molar-refractivity contribution in [3.8, 4) is 10.4 Å². The van der Waals surface area contributed by atoms with Crippen molar-refractivity contribution in [3.05, 3.63) is 94.4 Å². The van der Waals surface area contributed by atoms with Gasteiger partial charge in [-0.25, -0.2) is 4.98 Å². The molecule has 1 fully saturated rings. The Labute approximate surface area is 236 Å². The predicted molar refractivity (Wildman–Crippen MR) is 147 cm³/mol. The minimum absolute atomic E-state index is 0.0782. The van der Waals surface area contributed by atoms with Gasteiger partial charge < -0.3 is 15.5 Å². The molecule has 0 bridgehead atoms. The fraction of sp³-hybridized carbons (Fsp3) is 0.207. The predicted octanol–water partition coefficient (Wildman–Crippen LogP) is 5.57. The third kappa shape index (κ3) is 5.42. The maximum Gasteiger partial charge on any atom is 0.434 e. The molecule has 12 heteroatoms. The molecule has 4 heterocycles. The molecule has 1 aromatic carbocycles. The molecule has 41 heavy (non-hydrogen) atoms. The lowest BCUT2D eigenvalue weighted by molar-refractivity contribution is -0.141. The van der Waals surface area contributed by atoms with Crippen LogP contribution < -0.4 is 15.5 Å². The number of carbonyl (C=O) groups excluding carboxylic acids is 3. The van der Waals surface area contributed by atoms with Crippen LogP contribution in [0.3, 0.4) is 0 Å². The van der Waals surface area contributed by atoms with Crippen molar-refractivity contribution >= 4 is 40.4 Å². The van der Waals surface area contributed by atoms with Crippen molar-refractivity contribution in [1.29, 1.82) is 0 Å². The van der Waals surface area contributed by atoms with E-state index in [0.717, 1.165) is 41.1 Å². The highest BCUT2D eigenvalue weighted by molar-refractivity contribution is 7.17. The van der Waals surface area contributed by atoms with Gasteiger partial charge >= 0.3 is 6.18 Å². The average Bonchev–Trinajstić information content (AvgIpc) is 3.71. The van der Waals surface area contributed by atoms with E-state index in [4.69, 9.17) is 0 Å². The molecule has 2 aliphatic rings. The highest BCUT2D eigenvalue weighted by atomic mass is 32.1. The zero-order valence-electron chi connectivity index (χ0n) is 21.4. The van der Waals surface area contributed by atoms with E-state index < -0.39 is 23.3 Å². The van der Waals surface area contributed by atoms with E-state index in [9.17, 15) is 27.6 Å². The Morgan fingerprint density at radius 2 is 1.78 bits per heavy atom. The lowest BCUT2D eigenvalue weighted by atomic mass is 10.1. The highest BCUT2D eigenvalue weighted by Gasteiger charge is 2.37. The first-order chi connectivity index (χ1) is 19.7. The number of hydrogen-bond acceptors (Lipinski definition) is 6. The zero-order valence-corrected chi connectivity index (χ0v) is 22.2. The van der Waals surface area contributed by atoms with Crippen molar-refractivity contribution < 1.29 is 27.6 Å². The smallest absolute Gasteiger partial charge is 0.349 e. The van der Waals surface area contributed by atoms with Gasteiger partial charge in [0.15, 0.2) is 5.69 Å². The quantitative estimate of drug-likeness (QED) is 0.323. The molecule has 8 nitrogen and oxygen atoms in total. The topological polar surface area (TPSA) is 104 Å². The number of hydrogen-bond donors (Lipinski definition) is 2. The van der Waals surface area contributed by atoms with Crippen LogP contribution in [0.1, 0.15) is 54.6 Å². The summed E-state index contributed by atoms with van der Waals surface area (Å²) in [5, 5.41) is 5.40. The number of nitrogens with zero attached hydrogens (tertiary/aromatic N) is 3. The van der Waals surface area contributed by atoms with Crippen molar-refractivity contribution in [2.24, 2.45) is 0 Å². The second-order valence-corrected chi connectivity index (χ2v) is 10.8. The number of halogens is 3. The molecule has 3 aromatic heterocycles. The van der Waals surface area contributed by atoms with Gasteiger partial charge in [0, 0.05) is 29.2 Å². The number of benzene rings is 1. The molecule has 6 rings (SSSR count). The van der Waals surface area contributed by atoms with Crippen molar-refractivity contribution in [1.82, 2.24) is 15.3 Å². The molecule has 1 aliphatic heterocycles. The van der Waals surface area contributed by atoms with Gasteiger partial charge in [0.05, 0.1) is 28.0 Å². The van der Waals surface area contributed by atoms with E-state index in [0.29, 0.717) is 23.5 Å². The van der Waals surface area contributed by atoms with E-state index >= 15 is 0 Å². The molecule has 0 atom stereocenters. The maximum atomic E-state index is 13.6. The Morgan fingerprint density at radius 1 is 0.976 bits per heavy atom. The lowest BCUT2D eigenvalue weighted by Crippen LogP contribution is -2.33. The first-order valence-corrected chi connectivity index (χ1v) is 13.6. The summed E-state index contributed by atoms with van der Waals surface area (Å²) in [7, 11) is 0. The van der Waals surface area contributed by atoms with E-state index in [2.05, 4.69) is 20.6 Å². The minimum atomic E-state index is -4.79. The summed E-state index contributed by atoms with van der Waals surface area (Å²) in [6.07, 6.45) is -0.0700. The van der Waals surface area contributed by atoms with Crippen LogP contribution in [0.2, 0.25) is 0 Å². The van der Waals surface area contributed by atoms with Crippen molar-refractivity contribution in [2.45, 2.75) is 31.5 Å². The molecule has 0 spiro atoms. The molecular formula is C29H22F3N5O3S. The van der Waals surface area contributed by atoms with Crippen molar-refractivity contribution in [2.75, 3.05) is 16.8 Å². The Kier molecular flexibility index (Phi) is 6.78. The Hall–Kier alpha value is -4.58. The Balaban J connectivity index is 1.21. The molecule has 4 aromatic rings. The highest BCUT2D eigenvalue weighted by Crippen LogP contribution is 2.42. The number of para-hydroxylation sites is 1. The minimum Gasteiger partial charge on any atom is -0.349 e. The standard InChI is InChI=1S/C29H22F3N5O3S/c30-29(31,32)25-20(5-3-12-33-25)26(38)36-18-9-10-21(34-15-18)28(40)37-13-11-16-14-23(27(39)35-17-7-8-17)41-24(16)19-4-1-2-6-22(19)37/h1-6,9-10,12,14-15,17H,7-8,11,13H2,(H,35,39)(H,36,38). The number of fused-ring (bicyclic) bond motifs is 3. The first kappa shape index (κ1) is 26.6. The lowest BCUT2D eigenvalue weighted by Gasteiger charge is -2.22. The largest absolute Gasteiger partial charge is 0.434 e. The van der Waals surface area contributed by atoms with Crippen LogP contribution in [0.25, 0.3) is 10.4 Å². The summed E-state index contributed by atoms with van der Waals surface area (Å²) < 4.78 is 39.8. The number of carbonyl (C=O) groups is 3. The molecule has 1 aliphatic carbocycles. The van der Waals surface area contributed by atoms with Gasteiger partial charge in [0.1, 0.15) is 5.69 Å². The molecular weight excluding hydrogens is 555 g/mol. The first-order valence-electron chi connectivity index (χ1n) is 12.8. The summed E-state index contributed by atoms with van der Waals surface area (Å²) in [5.41, 5.74) is 0.817. The van der Waals surface area contributed by atoms with E-state index in [-0.39, 0.29) is 29.2 Å². The third-order valence-electron chi connectivity index (χ3n) is 6.80. The molecule has 3 amide bonds. The number of anilines is 2. The fourth-order valence-corrected chi connectivity index (χ4v) is 5.80. The van der Waals surface area contributed by atoms with Crippen LogP contribution in [-0.2, 0) is 12.6 Å². The SMILES string of the molecule is O=C(NC1CC1)c1cc2c(s1)-c1ccccc1N(C(=O)c1ccc(NC(=O)c3cccnc3C(F)(F)F)cn1)CC2. The molecule has 1 saturated carbocycles. The molecule has 0 unspecified atom stereocenters. The van der Waals surface area contributed by atoms with Crippen LogP contribution in [-0.4, -0.2) is 40.3 Å². The third-order valence-corrected chi connectivity index (χ3v) is 8.01. The summed E-state index contributed by atoms with van der Waals surface area (Å²) in [5.74, 6) is -1.45. The number of alkyl halides is 3. The van der Waals surface area contributed by atoms with E-state index in [1.54, 1.807) is 4.90 Å². The normalized spacial score (nSPS) is 14.5. The summed E-state index contributed by atoms with van der Waals surface area (Å²) >= 11 is 1.41. The fourth-order valence-electron chi connectivity index (χ4n) is 4.65. The van der Waals surface area contributed by atoms with E-state index in [1.807, 2.05) is 30.3 Å². The van der Waals surface area contributed by atoms with Gasteiger partial charge in [0.25, 0.3) is 17.7 Å². The van der Waals surface area contributed by atoms with Gasteiger partial charge in [-0.05, 0) is 61.2 Å².